The summed E-state index contributed by atoms with van der Waals surface area (Å²) in [6, 6.07) is 6.14. The van der Waals surface area contributed by atoms with Gasteiger partial charge in [-0.2, -0.15) is 0 Å². The predicted octanol–water partition coefficient (Wildman–Crippen LogP) is 2.23. The second-order valence-electron chi connectivity index (χ2n) is 4.77. The number of rotatable bonds is 8. The monoisotopic (exact) mass is 282 g/mol. The predicted molar refractivity (Wildman–Crippen MR) is 77.0 cm³/mol. The van der Waals surface area contributed by atoms with Gasteiger partial charge in [0.1, 0.15) is 0 Å². The van der Waals surface area contributed by atoms with Crippen LogP contribution in [0.4, 0.5) is 4.39 Å². The number of carbonyl (C=O) groups excluding carboxylic acids is 1. The van der Waals surface area contributed by atoms with Crippen molar-refractivity contribution in [3.8, 4) is 5.75 Å². The summed E-state index contributed by atoms with van der Waals surface area (Å²) in [5.41, 5.74) is 5.37. The number of benzene rings is 1. The van der Waals surface area contributed by atoms with E-state index in [9.17, 15) is 9.18 Å². The average Bonchev–Trinajstić information content (AvgIpc) is 2.47. The van der Waals surface area contributed by atoms with Gasteiger partial charge < -0.3 is 15.8 Å². The van der Waals surface area contributed by atoms with Crippen LogP contribution in [-0.2, 0) is 4.79 Å². The molecule has 20 heavy (non-hydrogen) atoms. The van der Waals surface area contributed by atoms with Crippen molar-refractivity contribution < 1.29 is 13.9 Å². The molecule has 0 spiro atoms. The van der Waals surface area contributed by atoms with Crippen LogP contribution in [-0.4, -0.2) is 24.6 Å². The zero-order valence-corrected chi connectivity index (χ0v) is 12.1. The van der Waals surface area contributed by atoms with Crippen molar-refractivity contribution in [1.29, 1.82) is 0 Å². The fourth-order valence-corrected chi connectivity index (χ4v) is 1.94. The number of halogens is 1. The quantitative estimate of drug-likeness (QED) is 0.768. The highest BCUT2D eigenvalue weighted by Gasteiger charge is 2.25. The summed E-state index contributed by atoms with van der Waals surface area (Å²) in [6.45, 7) is 4.53. The Bertz CT molecular complexity index is 425. The average molecular weight is 282 g/mol. The molecule has 0 saturated carbocycles. The van der Waals surface area contributed by atoms with Gasteiger partial charge in [-0.05, 0) is 25.0 Å². The van der Waals surface area contributed by atoms with E-state index in [2.05, 4.69) is 5.32 Å². The highest BCUT2D eigenvalue weighted by atomic mass is 19.1. The van der Waals surface area contributed by atoms with Crippen molar-refractivity contribution >= 4 is 5.91 Å². The molecule has 4 nitrogen and oxygen atoms in total. The molecule has 3 N–H and O–H groups in total. The van der Waals surface area contributed by atoms with Crippen LogP contribution in [0.2, 0.25) is 0 Å². The van der Waals surface area contributed by atoms with E-state index in [0.717, 1.165) is 12.8 Å². The first kappa shape index (κ1) is 16.4. The molecule has 112 valence electrons. The highest BCUT2D eigenvalue weighted by Crippen LogP contribution is 2.16. The van der Waals surface area contributed by atoms with Crippen molar-refractivity contribution in [3.63, 3.8) is 0 Å². The van der Waals surface area contributed by atoms with E-state index in [-0.39, 0.29) is 30.2 Å². The van der Waals surface area contributed by atoms with Gasteiger partial charge in [0, 0.05) is 6.54 Å². The van der Waals surface area contributed by atoms with Gasteiger partial charge in [-0.15, -0.1) is 0 Å². The summed E-state index contributed by atoms with van der Waals surface area (Å²) in [6.07, 6.45) is 1.73. The normalized spacial score (nSPS) is 11.2. The second-order valence-corrected chi connectivity index (χ2v) is 4.77. The van der Waals surface area contributed by atoms with Crippen LogP contribution in [0.3, 0.4) is 0 Å². The van der Waals surface area contributed by atoms with Crippen LogP contribution in [0.15, 0.2) is 24.3 Å². The van der Waals surface area contributed by atoms with Crippen LogP contribution in [0, 0.1) is 5.82 Å². The summed E-state index contributed by atoms with van der Waals surface area (Å²) < 4.78 is 18.6. The lowest BCUT2D eigenvalue weighted by Gasteiger charge is -2.31. The third-order valence-electron chi connectivity index (χ3n) is 3.57. The maximum absolute atomic E-state index is 13.3. The zero-order valence-electron chi connectivity index (χ0n) is 12.1. The van der Waals surface area contributed by atoms with Crippen LogP contribution in [0.25, 0.3) is 0 Å². The summed E-state index contributed by atoms with van der Waals surface area (Å²) in [7, 11) is 0. The molecule has 0 heterocycles. The van der Waals surface area contributed by atoms with Crippen LogP contribution < -0.4 is 15.8 Å². The third kappa shape index (κ3) is 4.49. The molecule has 0 aromatic heterocycles. The standard InChI is InChI=1S/C15H23FN2O2/c1-3-15(4-2,11-17)18-14(19)9-10-20-13-8-6-5-7-12(13)16/h5-8H,3-4,9-11,17H2,1-2H3,(H,18,19). The minimum Gasteiger partial charge on any atom is -0.490 e. The molecule has 1 amide bonds. The van der Waals surface area contributed by atoms with E-state index >= 15 is 0 Å². The molecule has 0 fully saturated rings. The van der Waals surface area contributed by atoms with Gasteiger partial charge in [-0.3, -0.25) is 4.79 Å². The maximum Gasteiger partial charge on any atom is 0.223 e. The van der Waals surface area contributed by atoms with Crippen molar-refractivity contribution in [3.05, 3.63) is 30.1 Å². The number of hydrogen-bond acceptors (Lipinski definition) is 3. The molecule has 0 aliphatic heterocycles. The molecule has 1 aromatic rings. The van der Waals surface area contributed by atoms with E-state index < -0.39 is 5.82 Å². The fourth-order valence-electron chi connectivity index (χ4n) is 1.94. The van der Waals surface area contributed by atoms with E-state index in [1.54, 1.807) is 12.1 Å². The minimum absolute atomic E-state index is 0.129. The number of nitrogens with two attached hydrogens (primary N) is 1. The highest BCUT2D eigenvalue weighted by molar-refractivity contribution is 5.77. The van der Waals surface area contributed by atoms with Gasteiger partial charge in [0.25, 0.3) is 0 Å². The van der Waals surface area contributed by atoms with Gasteiger partial charge in [-0.1, -0.05) is 26.0 Å². The molecule has 0 saturated heterocycles. The molecule has 0 unspecified atom stereocenters. The zero-order chi connectivity index (χ0) is 15.0. The van der Waals surface area contributed by atoms with Crippen LogP contribution in [0.5, 0.6) is 5.75 Å². The van der Waals surface area contributed by atoms with Gasteiger partial charge in [0.05, 0.1) is 18.6 Å². The van der Waals surface area contributed by atoms with E-state index in [4.69, 9.17) is 10.5 Å². The Balaban J connectivity index is 2.42. The Labute approximate surface area is 119 Å². The lowest BCUT2D eigenvalue weighted by molar-refractivity contribution is -0.123. The largest absolute Gasteiger partial charge is 0.490 e. The molecular formula is C15H23FN2O2. The third-order valence-corrected chi connectivity index (χ3v) is 3.57. The molecule has 0 aliphatic rings. The summed E-state index contributed by atoms with van der Waals surface area (Å²) in [5.74, 6) is -0.391. The minimum atomic E-state index is -0.425. The Morgan fingerprint density at radius 3 is 2.55 bits per heavy atom. The first-order valence-corrected chi connectivity index (χ1v) is 6.95. The first-order valence-electron chi connectivity index (χ1n) is 6.95. The molecule has 0 aliphatic carbocycles. The van der Waals surface area contributed by atoms with Crippen LogP contribution >= 0.6 is 0 Å². The van der Waals surface area contributed by atoms with Crippen molar-refractivity contribution in [2.24, 2.45) is 5.73 Å². The number of ether oxygens (including phenoxy) is 1. The lowest BCUT2D eigenvalue weighted by Crippen LogP contribution is -2.53. The van der Waals surface area contributed by atoms with E-state index in [0.29, 0.717) is 6.54 Å². The SMILES string of the molecule is CCC(CC)(CN)NC(=O)CCOc1ccccc1F. The molecule has 0 radical (unpaired) electrons. The summed E-state index contributed by atoms with van der Waals surface area (Å²) >= 11 is 0. The van der Waals surface area contributed by atoms with E-state index in [1.807, 2.05) is 13.8 Å². The van der Waals surface area contributed by atoms with Gasteiger partial charge in [0.15, 0.2) is 11.6 Å². The van der Waals surface area contributed by atoms with Crippen molar-refractivity contribution in [1.82, 2.24) is 5.32 Å². The molecule has 1 rings (SSSR count). The Morgan fingerprint density at radius 1 is 1.35 bits per heavy atom. The number of nitrogens with one attached hydrogen (secondary N) is 1. The van der Waals surface area contributed by atoms with Crippen LogP contribution in [0.1, 0.15) is 33.1 Å². The number of carbonyl (C=O) groups is 1. The molecule has 0 bridgehead atoms. The van der Waals surface area contributed by atoms with Crippen molar-refractivity contribution in [2.45, 2.75) is 38.6 Å². The smallest absolute Gasteiger partial charge is 0.223 e. The van der Waals surface area contributed by atoms with Gasteiger partial charge in [0.2, 0.25) is 5.91 Å². The van der Waals surface area contributed by atoms with Gasteiger partial charge >= 0.3 is 0 Å². The second kappa shape index (κ2) is 7.85. The first-order chi connectivity index (χ1) is 9.56. The van der Waals surface area contributed by atoms with Gasteiger partial charge in [-0.25, -0.2) is 4.39 Å². The number of hydrogen-bond donors (Lipinski definition) is 2. The lowest BCUT2D eigenvalue weighted by atomic mass is 9.93. The number of amides is 1. The number of para-hydroxylation sites is 1. The fraction of sp³-hybridized carbons (Fsp3) is 0.533. The Morgan fingerprint density at radius 2 is 2.00 bits per heavy atom. The topological polar surface area (TPSA) is 64.3 Å². The molecular weight excluding hydrogens is 259 g/mol. The van der Waals surface area contributed by atoms with Crippen molar-refractivity contribution in [2.75, 3.05) is 13.2 Å². The molecule has 5 heteroatoms. The summed E-state index contributed by atoms with van der Waals surface area (Å²) in [4.78, 5) is 11.9. The summed E-state index contributed by atoms with van der Waals surface area (Å²) in [5, 5.41) is 2.94. The Hall–Kier alpha value is -1.62. The molecule has 0 atom stereocenters. The maximum atomic E-state index is 13.3. The Kier molecular flexibility index (Phi) is 6.45. The van der Waals surface area contributed by atoms with E-state index in [1.165, 1.54) is 12.1 Å². The molecule has 1 aromatic carbocycles.